The maximum atomic E-state index is 12.6. The Balaban J connectivity index is 1.30. The average Bonchev–Trinajstić information content (AvgIpc) is 2.94. The summed E-state index contributed by atoms with van der Waals surface area (Å²) in [5.41, 5.74) is -0.394. The van der Waals surface area contributed by atoms with Gasteiger partial charge < -0.3 is 29.5 Å². The number of carboxylic acids is 1. The van der Waals surface area contributed by atoms with Crippen molar-refractivity contribution in [2.24, 2.45) is 0 Å². The van der Waals surface area contributed by atoms with Gasteiger partial charge in [-0.3, -0.25) is 9.78 Å². The lowest BCUT2D eigenvalue weighted by atomic mass is 10.1. The zero-order valence-corrected chi connectivity index (χ0v) is 23.1. The van der Waals surface area contributed by atoms with Gasteiger partial charge in [-0.25, -0.2) is 9.78 Å². The molecule has 0 bridgehead atoms. The number of ether oxygens (including phenoxy) is 3. The number of aliphatic carboxylic acids is 1. The minimum Gasteiger partial charge on any atom is -0.490 e. The summed E-state index contributed by atoms with van der Waals surface area (Å²) in [6.07, 6.45) is 5.84. The van der Waals surface area contributed by atoms with Crippen LogP contribution in [-0.4, -0.2) is 58.4 Å². The molecule has 40 heavy (non-hydrogen) atoms. The van der Waals surface area contributed by atoms with Gasteiger partial charge in [0.05, 0.1) is 25.5 Å². The molecule has 0 unspecified atom stereocenters. The maximum Gasteiger partial charge on any atom is 0.347 e. The molecule has 1 aliphatic rings. The number of anilines is 2. The van der Waals surface area contributed by atoms with Gasteiger partial charge in [-0.15, -0.1) is 0 Å². The number of piperidine rings is 1. The van der Waals surface area contributed by atoms with Gasteiger partial charge in [-0.1, -0.05) is 24.3 Å². The summed E-state index contributed by atoms with van der Waals surface area (Å²) < 4.78 is 17.5. The van der Waals surface area contributed by atoms with E-state index in [0.29, 0.717) is 37.0 Å². The predicted octanol–water partition coefficient (Wildman–Crippen LogP) is 4.74. The molecule has 212 valence electrons. The Morgan fingerprint density at radius 3 is 2.58 bits per heavy atom. The molecule has 2 N–H and O–H groups in total. The molecule has 0 spiro atoms. The number of rotatable bonds is 12. The van der Waals surface area contributed by atoms with E-state index in [1.165, 1.54) is 20.0 Å². The van der Waals surface area contributed by atoms with Crippen LogP contribution < -0.4 is 24.4 Å². The molecule has 2 aromatic carbocycles. The van der Waals surface area contributed by atoms with Gasteiger partial charge in [0, 0.05) is 13.0 Å². The molecule has 1 saturated heterocycles. The van der Waals surface area contributed by atoms with Gasteiger partial charge in [0.25, 0.3) is 0 Å². The van der Waals surface area contributed by atoms with E-state index in [0.717, 1.165) is 36.4 Å². The van der Waals surface area contributed by atoms with Crippen LogP contribution in [0.2, 0.25) is 0 Å². The highest BCUT2D eigenvalue weighted by molar-refractivity contribution is 5.89. The Hall–Kier alpha value is -4.34. The fourth-order valence-corrected chi connectivity index (χ4v) is 4.34. The van der Waals surface area contributed by atoms with Crippen LogP contribution in [0.3, 0.4) is 0 Å². The first-order valence-electron chi connectivity index (χ1n) is 13.5. The first-order valence-corrected chi connectivity index (χ1v) is 13.5. The maximum absolute atomic E-state index is 12.6. The molecule has 3 aromatic rings. The molecule has 10 heteroatoms. The van der Waals surface area contributed by atoms with Gasteiger partial charge >= 0.3 is 5.97 Å². The minimum absolute atomic E-state index is 0.0256. The Bertz CT molecular complexity index is 1300. The smallest absolute Gasteiger partial charge is 0.347 e. The number of aromatic nitrogens is 2. The van der Waals surface area contributed by atoms with Crippen LogP contribution in [0.25, 0.3) is 0 Å². The quantitative estimate of drug-likeness (QED) is 0.330. The molecule has 1 aliphatic heterocycles. The van der Waals surface area contributed by atoms with Gasteiger partial charge in [0.15, 0.2) is 22.9 Å². The summed E-state index contributed by atoms with van der Waals surface area (Å²) in [7, 11) is 0. The van der Waals surface area contributed by atoms with E-state index in [4.69, 9.17) is 14.2 Å². The third kappa shape index (κ3) is 7.84. The normalized spacial score (nSPS) is 15.3. The van der Waals surface area contributed by atoms with Crippen molar-refractivity contribution in [3.05, 3.63) is 66.5 Å². The summed E-state index contributed by atoms with van der Waals surface area (Å²) in [5.74, 6) is 1.78. The second-order valence-electron chi connectivity index (χ2n) is 10.1. The van der Waals surface area contributed by atoms with Crippen LogP contribution in [0.4, 0.5) is 11.6 Å². The summed E-state index contributed by atoms with van der Waals surface area (Å²) in [4.78, 5) is 34.9. The number of benzene rings is 2. The largest absolute Gasteiger partial charge is 0.490 e. The predicted molar refractivity (Wildman–Crippen MR) is 151 cm³/mol. The van der Waals surface area contributed by atoms with Crippen molar-refractivity contribution in [2.45, 2.75) is 58.2 Å². The molecule has 0 aliphatic carbocycles. The lowest BCUT2D eigenvalue weighted by Crippen LogP contribution is -2.41. The van der Waals surface area contributed by atoms with Crippen LogP contribution in [0.1, 0.15) is 45.6 Å². The Morgan fingerprint density at radius 1 is 1.10 bits per heavy atom. The average molecular weight is 549 g/mol. The van der Waals surface area contributed by atoms with Crippen molar-refractivity contribution >= 4 is 23.5 Å². The number of amides is 1. The van der Waals surface area contributed by atoms with Crippen LogP contribution in [0.15, 0.2) is 60.9 Å². The standard InChI is InChI=1S/C30H36N4O6/c1-4-38-24-9-5-6-10-25(24)39-23-8-7-17-34(20-23)27-19-31-18-26(32-27)33-28(35)16-13-21-11-14-22(15-12-21)40-30(2,3)29(36)37/h5-6,9-12,14-15,18-19,23H,4,7-8,13,16-17,20H2,1-3H3,(H,36,37)(H,32,33,35)/t23-/m1/s1. The molecular formula is C30H36N4O6. The van der Waals surface area contributed by atoms with E-state index in [-0.39, 0.29) is 18.4 Å². The third-order valence-electron chi connectivity index (χ3n) is 6.49. The van der Waals surface area contributed by atoms with E-state index in [1.54, 1.807) is 18.3 Å². The minimum atomic E-state index is -1.33. The molecule has 0 saturated carbocycles. The zero-order chi connectivity index (χ0) is 28.5. The van der Waals surface area contributed by atoms with Gasteiger partial charge in [-0.2, -0.15) is 0 Å². The van der Waals surface area contributed by atoms with E-state index in [2.05, 4.69) is 20.2 Å². The number of hydrogen-bond acceptors (Lipinski definition) is 8. The Morgan fingerprint density at radius 2 is 1.85 bits per heavy atom. The van der Waals surface area contributed by atoms with E-state index in [1.807, 2.05) is 43.3 Å². The lowest BCUT2D eigenvalue weighted by Gasteiger charge is -2.33. The zero-order valence-electron chi connectivity index (χ0n) is 23.1. The number of carboxylic acid groups (broad SMARTS) is 1. The Kier molecular flexibility index (Phi) is 9.42. The summed E-state index contributed by atoms with van der Waals surface area (Å²) in [6, 6.07) is 14.7. The number of nitrogens with one attached hydrogen (secondary N) is 1. The number of carbonyl (C=O) groups excluding carboxylic acids is 1. The summed E-state index contributed by atoms with van der Waals surface area (Å²) in [5, 5.41) is 12.1. The van der Waals surface area contributed by atoms with Crippen LogP contribution >= 0.6 is 0 Å². The molecule has 1 atom stereocenters. The van der Waals surface area contributed by atoms with Gasteiger partial charge in [0.1, 0.15) is 17.7 Å². The second kappa shape index (κ2) is 13.1. The number of hydrogen-bond donors (Lipinski definition) is 2. The van der Waals surface area contributed by atoms with Gasteiger partial charge in [-0.05, 0) is 69.9 Å². The van der Waals surface area contributed by atoms with Crippen molar-refractivity contribution in [1.29, 1.82) is 0 Å². The topological polar surface area (TPSA) is 123 Å². The highest BCUT2D eigenvalue weighted by atomic mass is 16.5. The fourth-order valence-electron chi connectivity index (χ4n) is 4.34. The van der Waals surface area contributed by atoms with E-state index in [9.17, 15) is 14.7 Å². The van der Waals surface area contributed by atoms with Crippen molar-refractivity contribution < 1.29 is 28.9 Å². The number of aryl methyl sites for hydroxylation is 1. The number of carbonyl (C=O) groups is 2. The van der Waals surface area contributed by atoms with Crippen LogP contribution in [-0.2, 0) is 16.0 Å². The van der Waals surface area contributed by atoms with Crippen LogP contribution in [0, 0.1) is 0 Å². The van der Waals surface area contributed by atoms with Crippen molar-refractivity contribution in [2.75, 3.05) is 29.9 Å². The SMILES string of the molecule is CCOc1ccccc1O[C@@H]1CCCN(c2cncc(NC(=O)CCc3ccc(OC(C)(C)C(=O)O)cc3)n2)C1. The lowest BCUT2D eigenvalue weighted by molar-refractivity contribution is -0.152. The van der Waals surface area contributed by atoms with E-state index < -0.39 is 11.6 Å². The van der Waals surface area contributed by atoms with Gasteiger partial charge in [0.2, 0.25) is 5.91 Å². The third-order valence-corrected chi connectivity index (χ3v) is 6.49. The summed E-state index contributed by atoms with van der Waals surface area (Å²) >= 11 is 0. The van der Waals surface area contributed by atoms with Crippen molar-refractivity contribution in [3.63, 3.8) is 0 Å². The van der Waals surface area contributed by atoms with E-state index >= 15 is 0 Å². The molecule has 1 amide bonds. The first kappa shape index (κ1) is 28.7. The van der Waals surface area contributed by atoms with Crippen molar-refractivity contribution in [1.82, 2.24) is 9.97 Å². The highest BCUT2D eigenvalue weighted by Gasteiger charge is 2.29. The Labute approximate surface area is 234 Å². The van der Waals surface area contributed by atoms with Crippen molar-refractivity contribution in [3.8, 4) is 17.2 Å². The number of para-hydroxylation sites is 2. The second-order valence-corrected chi connectivity index (χ2v) is 10.1. The molecular weight excluding hydrogens is 512 g/mol. The monoisotopic (exact) mass is 548 g/mol. The molecule has 1 fully saturated rings. The molecule has 4 rings (SSSR count). The van der Waals surface area contributed by atoms with Crippen LogP contribution in [0.5, 0.6) is 17.2 Å². The number of nitrogens with zero attached hydrogens (tertiary/aromatic N) is 3. The molecule has 1 aromatic heterocycles. The first-order chi connectivity index (χ1) is 19.2. The summed E-state index contributed by atoms with van der Waals surface area (Å²) in [6.45, 7) is 6.97. The highest BCUT2D eigenvalue weighted by Crippen LogP contribution is 2.30. The molecule has 0 radical (unpaired) electrons. The molecule has 2 heterocycles. The fraction of sp³-hybridized carbons (Fsp3) is 0.400. The molecule has 10 nitrogen and oxygen atoms in total.